The molecule has 2 rings (SSSR count). The van der Waals surface area contributed by atoms with E-state index in [2.05, 4.69) is 24.0 Å². The van der Waals surface area contributed by atoms with Crippen molar-refractivity contribution in [3.63, 3.8) is 0 Å². The van der Waals surface area contributed by atoms with E-state index in [1.54, 1.807) is 12.1 Å². The molecule has 0 aliphatic rings. The van der Waals surface area contributed by atoms with E-state index in [-0.39, 0.29) is 5.91 Å². The predicted octanol–water partition coefficient (Wildman–Crippen LogP) is 4.61. The van der Waals surface area contributed by atoms with E-state index in [0.717, 1.165) is 31.5 Å². The first kappa shape index (κ1) is 19.4. The summed E-state index contributed by atoms with van der Waals surface area (Å²) < 4.78 is 5.27. The Morgan fingerprint density at radius 2 is 1.88 bits per heavy atom. The highest BCUT2D eigenvalue weighted by Crippen LogP contribution is 2.19. The summed E-state index contributed by atoms with van der Waals surface area (Å²) in [5.74, 6) is 1.70. The molecule has 0 bridgehead atoms. The number of halogens is 1. The number of aromatic nitrogens is 2. The molecular formula is C19H26ClN3O2. The molecule has 1 aromatic heterocycles. The smallest absolute Gasteiger partial charge is 0.227 e. The van der Waals surface area contributed by atoms with E-state index < -0.39 is 0 Å². The highest BCUT2D eigenvalue weighted by atomic mass is 35.5. The molecule has 25 heavy (non-hydrogen) atoms. The van der Waals surface area contributed by atoms with Crippen LogP contribution in [0.1, 0.15) is 45.9 Å². The van der Waals surface area contributed by atoms with Crippen LogP contribution >= 0.6 is 11.6 Å². The second-order valence-electron chi connectivity index (χ2n) is 6.13. The van der Waals surface area contributed by atoms with Crippen molar-refractivity contribution in [1.29, 1.82) is 0 Å². The molecule has 2 aromatic rings. The predicted molar refractivity (Wildman–Crippen MR) is 99.4 cm³/mol. The number of carbonyl (C=O) groups excluding carboxylic acids is 1. The topological polar surface area (TPSA) is 59.2 Å². The molecule has 6 heteroatoms. The average molecular weight is 364 g/mol. The summed E-state index contributed by atoms with van der Waals surface area (Å²) in [6.07, 6.45) is 3.03. The molecule has 1 heterocycles. The Hall–Kier alpha value is -1.88. The zero-order chi connectivity index (χ0) is 18.2. The Morgan fingerprint density at radius 3 is 2.48 bits per heavy atom. The number of amides is 1. The Labute approximate surface area is 154 Å². The van der Waals surface area contributed by atoms with Gasteiger partial charge in [0.25, 0.3) is 0 Å². The van der Waals surface area contributed by atoms with Crippen LogP contribution in [-0.2, 0) is 11.2 Å². The first-order valence-corrected chi connectivity index (χ1v) is 9.31. The fourth-order valence-electron chi connectivity index (χ4n) is 2.71. The highest BCUT2D eigenvalue weighted by Gasteiger charge is 2.17. The van der Waals surface area contributed by atoms with Crippen molar-refractivity contribution in [2.24, 2.45) is 5.92 Å². The van der Waals surface area contributed by atoms with Crippen LogP contribution in [0.15, 0.2) is 28.8 Å². The summed E-state index contributed by atoms with van der Waals surface area (Å²) in [4.78, 5) is 18.7. The zero-order valence-electron chi connectivity index (χ0n) is 15.2. The van der Waals surface area contributed by atoms with Crippen molar-refractivity contribution in [1.82, 2.24) is 15.0 Å². The zero-order valence-corrected chi connectivity index (χ0v) is 15.9. The summed E-state index contributed by atoms with van der Waals surface area (Å²) in [5, 5.41) is 4.64. The molecule has 136 valence electrons. The van der Waals surface area contributed by atoms with Crippen LogP contribution in [0.4, 0.5) is 0 Å². The third-order valence-electron chi connectivity index (χ3n) is 4.49. The first-order valence-electron chi connectivity index (χ1n) is 8.93. The molecule has 0 N–H and O–H groups in total. The van der Waals surface area contributed by atoms with Gasteiger partial charge in [-0.3, -0.25) is 4.79 Å². The average Bonchev–Trinajstić information content (AvgIpc) is 3.10. The molecule has 0 aliphatic carbocycles. The van der Waals surface area contributed by atoms with Crippen molar-refractivity contribution < 1.29 is 9.32 Å². The van der Waals surface area contributed by atoms with Crippen LogP contribution in [0.2, 0.25) is 5.02 Å². The van der Waals surface area contributed by atoms with Gasteiger partial charge >= 0.3 is 0 Å². The van der Waals surface area contributed by atoms with Crippen molar-refractivity contribution in [2.75, 3.05) is 13.1 Å². The highest BCUT2D eigenvalue weighted by molar-refractivity contribution is 6.30. The van der Waals surface area contributed by atoms with Gasteiger partial charge in [0.05, 0.1) is 0 Å². The summed E-state index contributed by atoms with van der Waals surface area (Å²) in [6, 6.07) is 7.26. The molecule has 0 saturated heterocycles. The lowest BCUT2D eigenvalue weighted by Gasteiger charge is -2.25. The number of benzene rings is 1. The number of hydrogen-bond acceptors (Lipinski definition) is 4. The Balaban J connectivity index is 1.92. The molecule has 0 aliphatic heterocycles. The molecule has 1 amide bonds. The molecule has 0 fully saturated rings. The van der Waals surface area contributed by atoms with Gasteiger partial charge in [-0.15, -0.1) is 0 Å². The van der Waals surface area contributed by atoms with E-state index in [9.17, 15) is 4.79 Å². The van der Waals surface area contributed by atoms with Gasteiger partial charge in [0.15, 0.2) is 0 Å². The fourth-order valence-corrected chi connectivity index (χ4v) is 2.84. The molecule has 1 aromatic carbocycles. The largest absolute Gasteiger partial charge is 0.343 e. The van der Waals surface area contributed by atoms with Crippen molar-refractivity contribution in [3.05, 3.63) is 35.2 Å². The van der Waals surface area contributed by atoms with Crippen molar-refractivity contribution >= 4 is 17.5 Å². The van der Waals surface area contributed by atoms with Gasteiger partial charge in [0.2, 0.25) is 17.6 Å². The molecule has 0 atom stereocenters. The van der Waals surface area contributed by atoms with Crippen LogP contribution in [0.25, 0.3) is 11.4 Å². The minimum absolute atomic E-state index is 0.139. The van der Waals surface area contributed by atoms with E-state index in [1.807, 2.05) is 24.0 Å². The maximum atomic E-state index is 12.5. The number of aryl methyl sites for hydroxylation is 1. The summed E-state index contributed by atoms with van der Waals surface area (Å²) >= 11 is 5.88. The number of carbonyl (C=O) groups is 1. The molecule has 0 unspecified atom stereocenters. The third-order valence-corrected chi connectivity index (χ3v) is 4.74. The van der Waals surface area contributed by atoms with Crippen LogP contribution in [-0.4, -0.2) is 34.0 Å². The summed E-state index contributed by atoms with van der Waals surface area (Å²) in [6.45, 7) is 7.91. The summed E-state index contributed by atoms with van der Waals surface area (Å²) in [7, 11) is 0. The SMILES string of the molecule is CCC(CC)CN(CC)C(=O)CCc1nc(-c2ccc(Cl)cc2)no1. The molecule has 0 saturated carbocycles. The van der Waals surface area contributed by atoms with Crippen molar-refractivity contribution in [2.45, 2.75) is 46.5 Å². The van der Waals surface area contributed by atoms with Gasteiger partial charge in [0.1, 0.15) is 0 Å². The van der Waals surface area contributed by atoms with E-state index in [1.165, 1.54) is 0 Å². The molecule has 0 spiro atoms. The lowest BCUT2D eigenvalue weighted by Crippen LogP contribution is -2.35. The van der Waals surface area contributed by atoms with Crippen LogP contribution in [0.3, 0.4) is 0 Å². The van der Waals surface area contributed by atoms with Crippen LogP contribution < -0.4 is 0 Å². The Bertz CT molecular complexity index is 666. The van der Waals surface area contributed by atoms with Gasteiger partial charge in [-0.25, -0.2) is 0 Å². The quantitative estimate of drug-likeness (QED) is 0.652. The molecular weight excluding hydrogens is 338 g/mol. The number of rotatable bonds is 9. The fraction of sp³-hybridized carbons (Fsp3) is 0.526. The summed E-state index contributed by atoms with van der Waals surface area (Å²) in [5.41, 5.74) is 0.842. The van der Waals surface area contributed by atoms with Gasteiger partial charge < -0.3 is 9.42 Å². The van der Waals surface area contributed by atoms with Crippen LogP contribution in [0, 0.1) is 5.92 Å². The molecule has 0 radical (unpaired) electrons. The van der Waals surface area contributed by atoms with Crippen molar-refractivity contribution in [3.8, 4) is 11.4 Å². The standard InChI is InChI=1S/C19H26ClN3O2/c1-4-14(5-2)13-23(6-3)18(24)12-11-17-21-19(22-25-17)15-7-9-16(20)10-8-15/h7-10,14H,4-6,11-13H2,1-3H3. The maximum Gasteiger partial charge on any atom is 0.227 e. The second kappa shape index (κ2) is 9.56. The van der Waals surface area contributed by atoms with Gasteiger partial charge in [-0.1, -0.05) is 43.4 Å². The number of nitrogens with zero attached hydrogens (tertiary/aromatic N) is 3. The minimum atomic E-state index is 0.139. The minimum Gasteiger partial charge on any atom is -0.343 e. The maximum absolute atomic E-state index is 12.5. The van der Waals surface area contributed by atoms with Gasteiger partial charge in [0, 0.05) is 36.5 Å². The van der Waals surface area contributed by atoms with E-state index >= 15 is 0 Å². The van der Waals surface area contributed by atoms with Crippen LogP contribution in [0.5, 0.6) is 0 Å². The number of hydrogen-bond donors (Lipinski definition) is 0. The van der Waals surface area contributed by atoms with E-state index in [0.29, 0.717) is 35.5 Å². The monoisotopic (exact) mass is 363 g/mol. The van der Waals surface area contributed by atoms with E-state index in [4.69, 9.17) is 16.1 Å². The Morgan fingerprint density at radius 1 is 1.20 bits per heavy atom. The first-order chi connectivity index (χ1) is 12.1. The molecule has 5 nitrogen and oxygen atoms in total. The van der Waals surface area contributed by atoms with Gasteiger partial charge in [-0.2, -0.15) is 4.98 Å². The van der Waals surface area contributed by atoms with Gasteiger partial charge in [-0.05, 0) is 37.1 Å². The normalized spacial score (nSPS) is 11.1. The lowest BCUT2D eigenvalue weighted by atomic mass is 10.0. The third kappa shape index (κ3) is 5.56. The lowest BCUT2D eigenvalue weighted by molar-refractivity contribution is -0.131. The Kier molecular flexibility index (Phi) is 7.44. The second-order valence-corrected chi connectivity index (χ2v) is 6.57.